The van der Waals surface area contributed by atoms with Gasteiger partial charge in [0.2, 0.25) is 0 Å². The Morgan fingerprint density at radius 2 is 1.80 bits per heavy atom. The van der Waals surface area contributed by atoms with Gasteiger partial charge in [0.1, 0.15) is 16.2 Å². The summed E-state index contributed by atoms with van der Waals surface area (Å²) in [5.74, 6) is 1.87. The SMILES string of the molecule is CCOc1ccc(-c2ccc3c(Br)nc(C)n3c2)cc1. The summed E-state index contributed by atoms with van der Waals surface area (Å²) in [6.07, 6.45) is 2.11. The predicted octanol–water partition coefficient (Wildman–Crippen LogP) is 4.47. The first kappa shape index (κ1) is 13.2. The van der Waals surface area contributed by atoms with E-state index in [9.17, 15) is 0 Å². The first-order chi connectivity index (χ1) is 9.69. The third-order valence-corrected chi connectivity index (χ3v) is 3.85. The fourth-order valence-corrected chi connectivity index (χ4v) is 2.85. The number of imidazole rings is 1. The molecular weight excluding hydrogens is 316 g/mol. The Kier molecular flexibility index (Phi) is 3.49. The Balaban J connectivity index is 2.03. The van der Waals surface area contributed by atoms with E-state index in [1.54, 1.807) is 0 Å². The number of aromatic nitrogens is 2. The summed E-state index contributed by atoms with van der Waals surface area (Å²) in [5.41, 5.74) is 3.41. The van der Waals surface area contributed by atoms with Gasteiger partial charge in [0.05, 0.1) is 12.1 Å². The second-order valence-corrected chi connectivity index (χ2v) is 5.33. The fourth-order valence-electron chi connectivity index (χ4n) is 2.27. The lowest BCUT2D eigenvalue weighted by molar-refractivity contribution is 0.340. The molecule has 0 spiro atoms. The smallest absolute Gasteiger partial charge is 0.132 e. The molecule has 4 heteroatoms. The maximum atomic E-state index is 5.47. The van der Waals surface area contributed by atoms with Crippen molar-refractivity contribution in [3.05, 3.63) is 53.0 Å². The molecule has 0 saturated heterocycles. The Morgan fingerprint density at radius 1 is 1.10 bits per heavy atom. The summed E-state index contributed by atoms with van der Waals surface area (Å²) in [7, 11) is 0. The molecule has 0 amide bonds. The molecule has 0 aliphatic carbocycles. The average Bonchev–Trinajstić information content (AvgIpc) is 2.75. The monoisotopic (exact) mass is 330 g/mol. The fraction of sp³-hybridized carbons (Fsp3) is 0.188. The number of halogens is 1. The van der Waals surface area contributed by atoms with Crippen LogP contribution >= 0.6 is 15.9 Å². The number of hydrogen-bond acceptors (Lipinski definition) is 2. The lowest BCUT2D eigenvalue weighted by Crippen LogP contribution is -1.91. The molecule has 0 fully saturated rings. The normalized spacial score (nSPS) is 10.9. The van der Waals surface area contributed by atoms with Crippen molar-refractivity contribution in [2.45, 2.75) is 13.8 Å². The van der Waals surface area contributed by atoms with Gasteiger partial charge in [-0.05, 0) is 59.1 Å². The van der Waals surface area contributed by atoms with Crippen LogP contribution in [0.15, 0.2) is 47.2 Å². The highest BCUT2D eigenvalue weighted by molar-refractivity contribution is 9.10. The van der Waals surface area contributed by atoms with Crippen molar-refractivity contribution >= 4 is 21.4 Å². The van der Waals surface area contributed by atoms with Crippen LogP contribution in [0.5, 0.6) is 5.75 Å². The first-order valence-corrected chi connectivity index (χ1v) is 7.36. The van der Waals surface area contributed by atoms with Crippen LogP contribution in [0.2, 0.25) is 0 Å². The van der Waals surface area contributed by atoms with Crippen LogP contribution in [-0.2, 0) is 0 Å². The summed E-state index contributed by atoms with van der Waals surface area (Å²) < 4.78 is 8.44. The molecule has 0 aliphatic heterocycles. The van der Waals surface area contributed by atoms with Gasteiger partial charge in [-0.1, -0.05) is 18.2 Å². The summed E-state index contributed by atoms with van der Waals surface area (Å²) in [5, 5.41) is 0. The molecule has 3 rings (SSSR count). The average molecular weight is 331 g/mol. The van der Waals surface area contributed by atoms with E-state index in [1.807, 2.05) is 26.0 Å². The van der Waals surface area contributed by atoms with Crippen molar-refractivity contribution in [3.8, 4) is 16.9 Å². The van der Waals surface area contributed by atoms with Gasteiger partial charge in [-0.2, -0.15) is 0 Å². The van der Waals surface area contributed by atoms with Gasteiger partial charge in [0.15, 0.2) is 0 Å². The van der Waals surface area contributed by atoms with E-state index in [2.05, 4.69) is 55.8 Å². The first-order valence-electron chi connectivity index (χ1n) is 6.56. The molecule has 102 valence electrons. The topological polar surface area (TPSA) is 26.5 Å². The predicted molar refractivity (Wildman–Crippen MR) is 84.2 cm³/mol. The summed E-state index contributed by atoms with van der Waals surface area (Å²) in [4.78, 5) is 4.42. The van der Waals surface area contributed by atoms with Crippen molar-refractivity contribution in [2.24, 2.45) is 0 Å². The highest BCUT2D eigenvalue weighted by Gasteiger charge is 2.07. The second kappa shape index (κ2) is 5.29. The van der Waals surface area contributed by atoms with E-state index in [1.165, 1.54) is 5.56 Å². The summed E-state index contributed by atoms with van der Waals surface area (Å²) >= 11 is 3.48. The zero-order valence-electron chi connectivity index (χ0n) is 11.4. The number of ether oxygens (including phenoxy) is 1. The third-order valence-electron chi connectivity index (χ3n) is 3.27. The molecule has 20 heavy (non-hydrogen) atoms. The summed E-state index contributed by atoms with van der Waals surface area (Å²) in [6, 6.07) is 12.3. The van der Waals surface area contributed by atoms with E-state index >= 15 is 0 Å². The molecule has 3 nitrogen and oxygen atoms in total. The number of pyridine rings is 1. The Bertz CT molecular complexity index is 747. The molecule has 2 aromatic heterocycles. The van der Waals surface area contributed by atoms with Crippen LogP contribution in [0, 0.1) is 6.92 Å². The molecule has 0 atom stereocenters. The zero-order chi connectivity index (χ0) is 14.1. The van der Waals surface area contributed by atoms with Gasteiger partial charge in [-0.3, -0.25) is 0 Å². The van der Waals surface area contributed by atoms with Crippen LogP contribution in [0.4, 0.5) is 0 Å². The van der Waals surface area contributed by atoms with E-state index in [0.717, 1.165) is 27.3 Å². The van der Waals surface area contributed by atoms with Crippen LogP contribution in [-0.4, -0.2) is 16.0 Å². The Labute approximate surface area is 126 Å². The third kappa shape index (κ3) is 2.31. The number of rotatable bonds is 3. The van der Waals surface area contributed by atoms with Crippen molar-refractivity contribution in [2.75, 3.05) is 6.61 Å². The lowest BCUT2D eigenvalue weighted by atomic mass is 10.1. The molecule has 0 unspecified atom stereocenters. The molecule has 0 N–H and O–H groups in total. The maximum absolute atomic E-state index is 5.47. The molecule has 0 bridgehead atoms. The molecule has 0 radical (unpaired) electrons. The minimum absolute atomic E-state index is 0.688. The van der Waals surface area contributed by atoms with Crippen molar-refractivity contribution in [1.82, 2.24) is 9.38 Å². The van der Waals surface area contributed by atoms with Gasteiger partial charge < -0.3 is 9.14 Å². The second-order valence-electron chi connectivity index (χ2n) is 4.58. The standard InChI is InChI=1S/C16H15BrN2O/c1-3-20-14-7-4-12(5-8-14)13-6-9-15-16(17)18-11(2)19(15)10-13/h4-10H,3H2,1-2H3. The number of aryl methyl sites for hydroxylation is 1. The molecule has 2 heterocycles. The van der Waals surface area contributed by atoms with Crippen LogP contribution < -0.4 is 4.74 Å². The van der Waals surface area contributed by atoms with Gasteiger partial charge in [-0.25, -0.2) is 4.98 Å². The Morgan fingerprint density at radius 3 is 2.50 bits per heavy atom. The number of nitrogens with zero attached hydrogens (tertiary/aromatic N) is 2. The van der Waals surface area contributed by atoms with E-state index < -0.39 is 0 Å². The van der Waals surface area contributed by atoms with Crippen molar-refractivity contribution in [3.63, 3.8) is 0 Å². The van der Waals surface area contributed by atoms with Gasteiger partial charge in [0, 0.05) is 6.20 Å². The van der Waals surface area contributed by atoms with Crippen LogP contribution in [0.3, 0.4) is 0 Å². The van der Waals surface area contributed by atoms with Crippen molar-refractivity contribution in [1.29, 1.82) is 0 Å². The largest absolute Gasteiger partial charge is 0.494 e. The molecular formula is C16H15BrN2O. The number of hydrogen-bond donors (Lipinski definition) is 0. The highest BCUT2D eigenvalue weighted by atomic mass is 79.9. The summed E-state index contributed by atoms with van der Waals surface area (Å²) in [6.45, 7) is 4.68. The molecule has 1 aromatic carbocycles. The zero-order valence-corrected chi connectivity index (χ0v) is 13.0. The van der Waals surface area contributed by atoms with Crippen LogP contribution in [0.1, 0.15) is 12.7 Å². The minimum Gasteiger partial charge on any atom is -0.494 e. The van der Waals surface area contributed by atoms with Crippen LogP contribution in [0.25, 0.3) is 16.6 Å². The molecule has 0 aliphatic rings. The maximum Gasteiger partial charge on any atom is 0.132 e. The number of fused-ring (bicyclic) bond motifs is 1. The van der Waals surface area contributed by atoms with E-state index in [4.69, 9.17) is 4.74 Å². The Hall–Kier alpha value is -1.81. The van der Waals surface area contributed by atoms with Crippen molar-refractivity contribution < 1.29 is 4.74 Å². The molecule has 0 saturated carbocycles. The highest BCUT2D eigenvalue weighted by Crippen LogP contribution is 2.26. The van der Waals surface area contributed by atoms with E-state index in [0.29, 0.717) is 6.61 Å². The quantitative estimate of drug-likeness (QED) is 0.708. The van der Waals surface area contributed by atoms with E-state index in [-0.39, 0.29) is 0 Å². The minimum atomic E-state index is 0.688. The van der Waals surface area contributed by atoms with Gasteiger partial charge in [0.25, 0.3) is 0 Å². The lowest BCUT2D eigenvalue weighted by Gasteiger charge is -2.06. The number of benzene rings is 1. The van der Waals surface area contributed by atoms with Gasteiger partial charge in [-0.15, -0.1) is 0 Å². The van der Waals surface area contributed by atoms with Gasteiger partial charge >= 0.3 is 0 Å². The molecule has 3 aromatic rings.